The minimum atomic E-state index is 0.825. The first-order valence-corrected chi connectivity index (χ1v) is 6.17. The van der Waals surface area contributed by atoms with Crippen LogP contribution in [-0.4, -0.2) is 0 Å². The monoisotopic (exact) mass is 200 g/mol. The van der Waals surface area contributed by atoms with Gasteiger partial charge in [-0.15, -0.1) is 0 Å². The molecule has 1 fully saturated rings. The molecule has 0 heterocycles. The van der Waals surface area contributed by atoms with Gasteiger partial charge in [-0.2, -0.15) is 0 Å². The molecule has 0 aromatic heterocycles. The highest BCUT2D eigenvalue weighted by molar-refractivity contribution is 5.24. The Kier molecular flexibility index (Phi) is 3.82. The molecule has 0 bridgehead atoms. The number of hydrogen-bond acceptors (Lipinski definition) is 0. The molecule has 0 amide bonds. The number of benzene rings is 1. The lowest BCUT2D eigenvalue weighted by atomic mass is 10.1. The van der Waals surface area contributed by atoms with E-state index in [4.69, 9.17) is 0 Å². The van der Waals surface area contributed by atoms with Gasteiger partial charge in [0.2, 0.25) is 0 Å². The van der Waals surface area contributed by atoms with Crippen LogP contribution in [0.3, 0.4) is 0 Å². The van der Waals surface area contributed by atoms with Gasteiger partial charge in [-0.05, 0) is 36.3 Å². The summed E-state index contributed by atoms with van der Waals surface area (Å²) in [5, 5.41) is 0. The zero-order chi connectivity index (χ0) is 10.5. The first-order chi connectivity index (χ1) is 7.42. The minimum absolute atomic E-state index is 0.825. The normalized spacial score (nSPS) is 24.1. The van der Waals surface area contributed by atoms with Gasteiger partial charge in [0.1, 0.15) is 0 Å². The van der Waals surface area contributed by atoms with Crippen molar-refractivity contribution >= 4 is 0 Å². The van der Waals surface area contributed by atoms with Crippen molar-refractivity contribution in [3.63, 3.8) is 0 Å². The molecule has 0 aliphatic heterocycles. The Bertz CT molecular complexity index is 275. The van der Waals surface area contributed by atoms with Gasteiger partial charge in [0.15, 0.2) is 0 Å². The largest absolute Gasteiger partial charge is 0.0619 e. The van der Waals surface area contributed by atoms with Gasteiger partial charge in [0, 0.05) is 0 Å². The summed E-state index contributed by atoms with van der Waals surface area (Å²) >= 11 is 0. The Labute approximate surface area is 93.7 Å². The molecule has 15 heavy (non-hydrogen) atoms. The lowest BCUT2D eigenvalue weighted by molar-refractivity contribution is 0.597. The van der Waals surface area contributed by atoms with Crippen molar-refractivity contribution < 1.29 is 0 Å². The summed E-state index contributed by atoms with van der Waals surface area (Å²) in [6, 6.07) is 11.8. The van der Waals surface area contributed by atoms with Crippen molar-refractivity contribution in [3.05, 3.63) is 42.8 Å². The number of rotatable bonds is 6. The van der Waals surface area contributed by atoms with Crippen molar-refractivity contribution in [3.8, 4) is 0 Å². The third-order valence-corrected chi connectivity index (χ3v) is 3.38. The third kappa shape index (κ3) is 3.09. The van der Waals surface area contributed by atoms with Crippen LogP contribution in [0.4, 0.5) is 0 Å². The third-order valence-electron chi connectivity index (χ3n) is 3.38. The van der Waals surface area contributed by atoms with E-state index in [9.17, 15) is 0 Å². The van der Waals surface area contributed by atoms with Crippen LogP contribution in [-0.2, 0) is 0 Å². The molecule has 0 spiro atoms. The van der Waals surface area contributed by atoms with E-state index in [1.807, 2.05) is 6.07 Å². The van der Waals surface area contributed by atoms with Crippen molar-refractivity contribution in [2.45, 2.75) is 44.4 Å². The summed E-state index contributed by atoms with van der Waals surface area (Å²) in [4.78, 5) is 0. The molecule has 0 nitrogen and oxygen atoms in total. The van der Waals surface area contributed by atoms with Gasteiger partial charge in [0.05, 0.1) is 0 Å². The maximum atomic E-state index is 3.88. The fraction of sp³-hybridized carbons (Fsp3) is 0.533. The van der Waals surface area contributed by atoms with Crippen LogP contribution in [0.2, 0.25) is 0 Å². The predicted molar refractivity (Wildman–Crippen MR) is 64.6 cm³/mol. The molecule has 0 N–H and O–H groups in total. The highest BCUT2D eigenvalue weighted by Crippen LogP contribution is 2.50. The van der Waals surface area contributed by atoms with E-state index in [-0.39, 0.29) is 0 Å². The van der Waals surface area contributed by atoms with Crippen molar-refractivity contribution in [1.82, 2.24) is 0 Å². The first kappa shape index (κ1) is 10.7. The Morgan fingerprint density at radius 3 is 2.93 bits per heavy atom. The number of unbranched alkanes of at least 4 members (excludes halogenated alkanes) is 3. The van der Waals surface area contributed by atoms with Crippen LogP contribution < -0.4 is 0 Å². The molecule has 2 atom stereocenters. The van der Waals surface area contributed by atoms with E-state index in [2.05, 4.69) is 31.2 Å². The highest BCUT2D eigenvalue weighted by Gasteiger charge is 2.37. The van der Waals surface area contributed by atoms with E-state index < -0.39 is 0 Å². The van der Waals surface area contributed by atoms with Crippen LogP contribution in [0.25, 0.3) is 0 Å². The van der Waals surface area contributed by atoms with Gasteiger partial charge >= 0.3 is 0 Å². The molecular formula is C15H20. The van der Waals surface area contributed by atoms with Crippen molar-refractivity contribution in [1.29, 1.82) is 0 Å². The highest BCUT2D eigenvalue weighted by atomic mass is 14.4. The molecule has 1 aliphatic carbocycles. The zero-order valence-corrected chi connectivity index (χ0v) is 9.41. The SMILES string of the molecule is [CH2]CCCCCC1CC1c1[c]cccc1. The summed E-state index contributed by atoms with van der Waals surface area (Å²) < 4.78 is 0. The van der Waals surface area contributed by atoms with E-state index >= 15 is 0 Å². The minimum Gasteiger partial charge on any atom is -0.0619 e. The summed E-state index contributed by atoms with van der Waals surface area (Å²) in [6.07, 6.45) is 7.96. The molecular weight excluding hydrogens is 180 g/mol. The van der Waals surface area contributed by atoms with Crippen LogP contribution >= 0.6 is 0 Å². The topological polar surface area (TPSA) is 0 Å². The Morgan fingerprint density at radius 2 is 2.20 bits per heavy atom. The van der Waals surface area contributed by atoms with Crippen molar-refractivity contribution in [2.75, 3.05) is 0 Å². The van der Waals surface area contributed by atoms with Gasteiger partial charge < -0.3 is 0 Å². The second-order valence-corrected chi connectivity index (χ2v) is 4.62. The van der Waals surface area contributed by atoms with Gasteiger partial charge in [0.25, 0.3) is 0 Å². The molecule has 0 heteroatoms. The second-order valence-electron chi connectivity index (χ2n) is 4.62. The smallest absolute Gasteiger partial charge is 0.0124 e. The fourth-order valence-electron chi connectivity index (χ4n) is 2.35. The molecule has 2 unspecified atom stereocenters. The van der Waals surface area contributed by atoms with E-state index in [1.54, 1.807) is 0 Å². The van der Waals surface area contributed by atoms with Gasteiger partial charge in [-0.1, -0.05) is 56.9 Å². The van der Waals surface area contributed by atoms with E-state index in [1.165, 1.54) is 37.7 Å². The Balaban J connectivity index is 1.68. The quantitative estimate of drug-likeness (QED) is 0.598. The molecule has 1 saturated carbocycles. The predicted octanol–water partition coefficient (Wildman–Crippen LogP) is 4.37. The average molecular weight is 200 g/mol. The van der Waals surface area contributed by atoms with Gasteiger partial charge in [-0.25, -0.2) is 0 Å². The lowest BCUT2D eigenvalue weighted by Gasteiger charge is -2.00. The molecule has 2 rings (SSSR count). The Hall–Kier alpha value is -0.780. The lowest BCUT2D eigenvalue weighted by Crippen LogP contribution is -1.85. The summed E-state index contributed by atoms with van der Waals surface area (Å²) in [7, 11) is 0. The zero-order valence-electron chi connectivity index (χ0n) is 9.41. The maximum Gasteiger partial charge on any atom is -0.0124 e. The van der Waals surface area contributed by atoms with Crippen LogP contribution in [0.5, 0.6) is 0 Å². The first-order valence-electron chi connectivity index (χ1n) is 6.17. The van der Waals surface area contributed by atoms with Crippen LogP contribution in [0.15, 0.2) is 24.3 Å². The molecule has 80 valence electrons. The summed E-state index contributed by atoms with van der Waals surface area (Å²) in [6.45, 7) is 3.88. The number of hydrogen-bond donors (Lipinski definition) is 0. The molecule has 2 radical (unpaired) electrons. The standard InChI is InChI=1S/C15H20/c1-2-3-4-6-11-14-12-15(14)13-9-7-5-8-10-13/h5,7-9,14-15H,1-4,6,11-12H2. The molecule has 0 saturated heterocycles. The van der Waals surface area contributed by atoms with Crippen LogP contribution in [0, 0.1) is 18.9 Å². The summed E-state index contributed by atoms with van der Waals surface area (Å²) in [5.74, 6) is 1.78. The molecule has 1 aromatic carbocycles. The van der Waals surface area contributed by atoms with Gasteiger partial charge in [-0.3, -0.25) is 0 Å². The van der Waals surface area contributed by atoms with E-state index in [0.717, 1.165) is 18.3 Å². The average Bonchev–Trinajstić information content (AvgIpc) is 3.05. The molecule has 1 aliphatic rings. The van der Waals surface area contributed by atoms with E-state index in [0.29, 0.717) is 0 Å². The van der Waals surface area contributed by atoms with Crippen LogP contribution in [0.1, 0.15) is 50.0 Å². The Morgan fingerprint density at radius 1 is 1.27 bits per heavy atom. The maximum absolute atomic E-state index is 3.88. The molecule has 1 aromatic rings. The second kappa shape index (κ2) is 5.34. The fourth-order valence-corrected chi connectivity index (χ4v) is 2.35. The summed E-state index contributed by atoms with van der Waals surface area (Å²) in [5.41, 5.74) is 1.43. The van der Waals surface area contributed by atoms with Crippen molar-refractivity contribution in [2.24, 2.45) is 5.92 Å².